The number of rotatable bonds is 3. The SMILES string of the molecule is Nc1cc(-c2nc(Cc3ccc(O)cc3)no2)ccc1F. The number of aromatic hydroxyl groups is 1. The number of nitrogens with two attached hydrogens (primary N) is 1. The summed E-state index contributed by atoms with van der Waals surface area (Å²) in [7, 11) is 0. The highest BCUT2D eigenvalue weighted by Gasteiger charge is 2.11. The number of anilines is 1. The van der Waals surface area contributed by atoms with E-state index in [0.29, 0.717) is 17.8 Å². The Kier molecular flexibility index (Phi) is 3.27. The van der Waals surface area contributed by atoms with Crippen LogP contribution in [0.3, 0.4) is 0 Å². The second kappa shape index (κ2) is 5.24. The van der Waals surface area contributed by atoms with E-state index >= 15 is 0 Å². The highest BCUT2D eigenvalue weighted by molar-refractivity contribution is 5.60. The van der Waals surface area contributed by atoms with Gasteiger partial charge in [-0.15, -0.1) is 0 Å². The molecule has 0 spiro atoms. The molecule has 1 heterocycles. The summed E-state index contributed by atoms with van der Waals surface area (Å²) in [6.07, 6.45) is 0.473. The number of aromatic nitrogens is 2. The van der Waals surface area contributed by atoms with E-state index in [-0.39, 0.29) is 17.3 Å². The molecule has 0 amide bonds. The zero-order chi connectivity index (χ0) is 14.8. The molecule has 0 bridgehead atoms. The molecule has 5 nitrogen and oxygen atoms in total. The Morgan fingerprint density at radius 1 is 1.14 bits per heavy atom. The van der Waals surface area contributed by atoms with Crippen molar-refractivity contribution in [2.24, 2.45) is 0 Å². The molecule has 0 saturated carbocycles. The predicted octanol–water partition coefficient (Wildman–Crippen LogP) is 2.75. The maximum absolute atomic E-state index is 13.1. The molecule has 0 fully saturated rings. The zero-order valence-corrected chi connectivity index (χ0v) is 11.0. The summed E-state index contributed by atoms with van der Waals surface area (Å²) < 4.78 is 18.3. The number of nitrogens with zero attached hydrogens (tertiary/aromatic N) is 2. The Bertz CT molecular complexity index is 769. The van der Waals surface area contributed by atoms with Gasteiger partial charge in [0, 0.05) is 12.0 Å². The molecule has 0 aliphatic rings. The standard InChI is InChI=1S/C15H12FN3O2/c16-12-6-3-10(8-13(12)17)15-18-14(19-21-15)7-9-1-4-11(20)5-2-9/h1-6,8,20H,7,17H2. The lowest BCUT2D eigenvalue weighted by molar-refractivity contribution is 0.424. The van der Waals surface area contributed by atoms with E-state index in [2.05, 4.69) is 10.1 Å². The lowest BCUT2D eigenvalue weighted by atomic mass is 10.1. The minimum atomic E-state index is -0.484. The van der Waals surface area contributed by atoms with Gasteiger partial charge in [-0.2, -0.15) is 4.98 Å². The Morgan fingerprint density at radius 2 is 1.90 bits per heavy atom. The van der Waals surface area contributed by atoms with Crippen molar-refractivity contribution in [1.29, 1.82) is 0 Å². The quantitative estimate of drug-likeness (QED) is 0.723. The van der Waals surface area contributed by atoms with Crippen LogP contribution >= 0.6 is 0 Å². The average Bonchev–Trinajstić information content (AvgIpc) is 2.93. The smallest absolute Gasteiger partial charge is 0.258 e. The number of nitrogen functional groups attached to an aromatic ring is 1. The van der Waals surface area contributed by atoms with Gasteiger partial charge in [0.1, 0.15) is 11.6 Å². The fourth-order valence-corrected chi connectivity index (χ4v) is 1.92. The molecule has 0 aliphatic carbocycles. The second-order valence-electron chi connectivity index (χ2n) is 4.60. The van der Waals surface area contributed by atoms with Gasteiger partial charge in [-0.05, 0) is 35.9 Å². The van der Waals surface area contributed by atoms with Crippen LogP contribution in [0.5, 0.6) is 5.75 Å². The van der Waals surface area contributed by atoms with Crippen LogP contribution in [-0.2, 0) is 6.42 Å². The summed E-state index contributed by atoms with van der Waals surface area (Å²) in [5.74, 6) is 0.506. The van der Waals surface area contributed by atoms with Crippen LogP contribution in [-0.4, -0.2) is 15.2 Å². The Hall–Kier alpha value is -2.89. The van der Waals surface area contributed by atoms with E-state index in [1.54, 1.807) is 24.3 Å². The first-order valence-corrected chi connectivity index (χ1v) is 6.28. The van der Waals surface area contributed by atoms with E-state index in [4.69, 9.17) is 10.3 Å². The molecule has 1 aromatic heterocycles. The largest absolute Gasteiger partial charge is 0.508 e. The number of hydrogen-bond donors (Lipinski definition) is 2. The molecule has 21 heavy (non-hydrogen) atoms. The molecule has 3 rings (SSSR count). The molecule has 3 N–H and O–H groups in total. The van der Waals surface area contributed by atoms with Crippen molar-refractivity contribution >= 4 is 5.69 Å². The summed E-state index contributed by atoms with van der Waals surface area (Å²) >= 11 is 0. The minimum Gasteiger partial charge on any atom is -0.508 e. The summed E-state index contributed by atoms with van der Waals surface area (Å²) in [5.41, 5.74) is 7.06. The predicted molar refractivity (Wildman–Crippen MR) is 75.0 cm³/mol. The van der Waals surface area contributed by atoms with Crippen LogP contribution in [0.2, 0.25) is 0 Å². The van der Waals surface area contributed by atoms with Gasteiger partial charge < -0.3 is 15.4 Å². The topological polar surface area (TPSA) is 85.2 Å². The van der Waals surface area contributed by atoms with Crippen LogP contribution in [0.4, 0.5) is 10.1 Å². The van der Waals surface area contributed by atoms with Gasteiger partial charge in [0.15, 0.2) is 5.82 Å². The molecular formula is C15H12FN3O2. The molecule has 0 aliphatic heterocycles. The van der Waals surface area contributed by atoms with E-state index in [1.807, 2.05) is 0 Å². The maximum Gasteiger partial charge on any atom is 0.258 e. The van der Waals surface area contributed by atoms with Gasteiger partial charge in [-0.3, -0.25) is 0 Å². The van der Waals surface area contributed by atoms with Crippen molar-refractivity contribution < 1.29 is 14.0 Å². The van der Waals surface area contributed by atoms with Crippen LogP contribution < -0.4 is 5.73 Å². The minimum absolute atomic E-state index is 0.0331. The van der Waals surface area contributed by atoms with Crippen molar-refractivity contribution in [3.05, 3.63) is 59.7 Å². The Balaban J connectivity index is 1.82. The first kappa shape index (κ1) is 13.1. The molecule has 6 heteroatoms. The third kappa shape index (κ3) is 2.84. The lowest BCUT2D eigenvalue weighted by Gasteiger charge is -1.98. The highest BCUT2D eigenvalue weighted by atomic mass is 19.1. The molecule has 0 unspecified atom stereocenters. The van der Waals surface area contributed by atoms with Gasteiger partial charge >= 0.3 is 0 Å². The fraction of sp³-hybridized carbons (Fsp3) is 0.0667. The van der Waals surface area contributed by atoms with E-state index in [1.165, 1.54) is 18.2 Å². The van der Waals surface area contributed by atoms with Gasteiger partial charge in [-0.1, -0.05) is 17.3 Å². The van der Waals surface area contributed by atoms with Crippen LogP contribution in [0.15, 0.2) is 47.0 Å². The number of phenolic OH excluding ortho intramolecular Hbond substituents is 1. The Morgan fingerprint density at radius 3 is 2.62 bits per heavy atom. The van der Waals surface area contributed by atoms with Gasteiger partial charge in [0.05, 0.1) is 5.69 Å². The van der Waals surface area contributed by atoms with Crippen LogP contribution in [0.1, 0.15) is 11.4 Å². The summed E-state index contributed by atoms with van der Waals surface area (Å²) in [5, 5.41) is 13.1. The monoisotopic (exact) mass is 285 g/mol. The zero-order valence-electron chi connectivity index (χ0n) is 11.0. The van der Waals surface area contributed by atoms with Crippen molar-refractivity contribution in [1.82, 2.24) is 10.1 Å². The number of halogens is 1. The van der Waals surface area contributed by atoms with Crippen molar-refractivity contribution in [3.8, 4) is 17.2 Å². The number of phenols is 1. The van der Waals surface area contributed by atoms with Crippen molar-refractivity contribution in [3.63, 3.8) is 0 Å². The third-order valence-corrected chi connectivity index (χ3v) is 3.01. The fourth-order valence-electron chi connectivity index (χ4n) is 1.92. The van der Waals surface area contributed by atoms with Crippen molar-refractivity contribution in [2.45, 2.75) is 6.42 Å². The molecule has 2 aromatic carbocycles. The molecule has 0 atom stereocenters. The van der Waals surface area contributed by atoms with Crippen LogP contribution in [0.25, 0.3) is 11.5 Å². The number of benzene rings is 2. The molecule has 0 saturated heterocycles. The summed E-state index contributed by atoms with van der Waals surface area (Å²) in [6, 6.07) is 11.0. The first-order chi connectivity index (χ1) is 10.1. The molecule has 106 valence electrons. The molecular weight excluding hydrogens is 273 g/mol. The maximum atomic E-state index is 13.1. The van der Waals surface area contributed by atoms with Crippen LogP contribution in [0, 0.1) is 5.82 Å². The summed E-state index contributed by atoms with van der Waals surface area (Å²) in [4.78, 5) is 4.25. The van der Waals surface area contributed by atoms with Crippen molar-refractivity contribution in [2.75, 3.05) is 5.73 Å². The lowest BCUT2D eigenvalue weighted by Crippen LogP contribution is -1.92. The van der Waals surface area contributed by atoms with E-state index in [9.17, 15) is 9.50 Å². The first-order valence-electron chi connectivity index (χ1n) is 6.28. The number of hydrogen-bond acceptors (Lipinski definition) is 5. The average molecular weight is 285 g/mol. The van der Waals surface area contributed by atoms with E-state index < -0.39 is 5.82 Å². The van der Waals surface area contributed by atoms with E-state index in [0.717, 1.165) is 5.56 Å². The Labute approximate surface area is 119 Å². The van der Waals surface area contributed by atoms with Gasteiger partial charge in [-0.25, -0.2) is 4.39 Å². The summed E-state index contributed by atoms with van der Waals surface area (Å²) in [6.45, 7) is 0. The normalized spacial score (nSPS) is 10.7. The molecule has 0 radical (unpaired) electrons. The highest BCUT2D eigenvalue weighted by Crippen LogP contribution is 2.22. The van der Waals surface area contributed by atoms with Gasteiger partial charge in [0.2, 0.25) is 0 Å². The third-order valence-electron chi connectivity index (χ3n) is 3.01. The molecule has 3 aromatic rings. The van der Waals surface area contributed by atoms with Gasteiger partial charge in [0.25, 0.3) is 5.89 Å². The second-order valence-corrected chi connectivity index (χ2v) is 4.60.